The third-order valence-corrected chi connectivity index (χ3v) is 1.48. The highest BCUT2D eigenvalue weighted by atomic mass is 31.1. The van der Waals surface area contributed by atoms with Crippen LogP contribution >= 0.6 is 8.18 Å². The van der Waals surface area contributed by atoms with Crippen molar-refractivity contribution in [3.63, 3.8) is 0 Å². The maximum Gasteiger partial charge on any atom is 0.680 e. The highest BCUT2D eigenvalue weighted by Crippen LogP contribution is 2.25. The van der Waals surface area contributed by atoms with Crippen LogP contribution < -0.4 is 4.89 Å². The summed E-state index contributed by atoms with van der Waals surface area (Å²) >= 11 is 0. The van der Waals surface area contributed by atoms with Crippen molar-refractivity contribution in [1.29, 1.82) is 0 Å². The molecule has 7 heteroatoms. The summed E-state index contributed by atoms with van der Waals surface area (Å²) in [4.78, 5) is 9.64. The van der Waals surface area contributed by atoms with Crippen LogP contribution in [0.4, 0.5) is 0 Å². The van der Waals surface area contributed by atoms with Crippen molar-refractivity contribution in [2.24, 2.45) is 4.88 Å². The SMILES string of the molecule is [N-]=[N+]=N[P+](=O)OOc1ccccc1. The molecule has 0 N–H and O–H groups in total. The fourth-order valence-electron chi connectivity index (χ4n) is 0.599. The fourth-order valence-corrected chi connectivity index (χ4v) is 0.843. The monoisotopic (exact) mass is 198 g/mol. The first kappa shape index (κ1) is 9.48. The highest BCUT2D eigenvalue weighted by molar-refractivity contribution is 7.37. The molecule has 0 aliphatic carbocycles. The van der Waals surface area contributed by atoms with E-state index in [1.165, 1.54) is 0 Å². The number of rotatable bonds is 4. The molecule has 0 aromatic heterocycles. The van der Waals surface area contributed by atoms with Crippen molar-refractivity contribution in [1.82, 2.24) is 0 Å². The summed E-state index contributed by atoms with van der Waals surface area (Å²) in [7, 11) is -2.47. The first-order valence-electron chi connectivity index (χ1n) is 3.25. The van der Waals surface area contributed by atoms with E-state index in [-0.39, 0.29) is 0 Å². The molecule has 0 saturated carbocycles. The van der Waals surface area contributed by atoms with Crippen LogP contribution in [0.25, 0.3) is 10.4 Å². The molecule has 0 radical (unpaired) electrons. The molecule has 0 saturated heterocycles. The molecule has 1 atom stereocenters. The van der Waals surface area contributed by atoms with Gasteiger partial charge in [-0.1, -0.05) is 18.2 Å². The quantitative estimate of drug-likeness (QED) is 0.186. The Bertz CT molecular complexity index is 336. The number of para-hydroxylation sites is 1. The lowest BCUT2D eigenvalue weighted by Crippen LogP contribution is -1.86. The third-order valence-electron chi connectivity index (χ3n) is 1.05. The van der Waals surface area contributed by atoms with E-state index < -0.39 is 8.18 Å². The first-order valence-corrected chi connectivity index (χ1v) is 4.38. The summed E-state index contributed by atoms with van der Waals surface area (Å²) in [5, 5.41) is 0. The van der Waals surface area contributed by atoms with Crippen molar-refractivity contribution in [2.45, 2.75) is 0 Å². The zero-order chi connectivity index (χ0) is 9.52. The predicted molar refractivity (Wildman–Crippen MR) is 44.9 cm³/mol. The van der Waals surface area contributed by atoms with Gasteiger partial charge in [-0.3, -0.25) is 4.89 Å². The average Bonchev–Trinajstić information content (AvgIpc) is 2.17. The minimum Gasteiger partial charge on any atom is -0.292 e. The first-order chi connectivity index (χ1) is 6.33. The maximum atomic E-state index is 10.6. The average molecular weight is 198 g/mol. The Morgan fingerprint density at radius 1 is 1.38 bits per heavy atom. The summed E-state index contributed by atoms with van der Waals surface area (Å²) in [5.74, 6) is 0.388. The van der Waals surface area contributed by atoms with Crippen LogP contribution in [-0.4, -0.2) is 0 Å². The van der Waals surface area contributed by atoms with E-state index in [0.717, 1.165) is 0 Å². The number of nitrogens with zero attached hydrogens (tertiary/aromatic N) is 3. The molecule has 0 aliphatic rings. The Kier molecular flexibility index (Phi) is 3.73. The summed E-state index contributed by atoms with van der Waals surface area (Å²) < 4.78 is 14.9. The van der Waals surface area contributed by atoms with Gasteiger partial charge in [-0.25, -0.2) is 0 Å². The second-order valence-electron chi connectivity index (χ2n) is 1.89. The van der Waals surface area contributed by atoms with Gasteiger partial charge < -0.3 is 0 Å². The van der Waals surface area contributed by atoms with Crippen LogP contribution in [0.15, 0.2) is 35.2 Å². The minimum absolute atomic E-state index is 0.388. The normalized spacial score (nSPS) is 10.0. The van der Waals surface area contributed by atoms with E-state index in [1.807, 2.05) is 0 Å². The summed E-state index contributed by atoms with van der Waals surface area (Å²) in [5.41, 5.74) is 7.87. The molecule has 66 valence electrons. The molecule has 0 fully saturated rings. The molecule has 0 spiro atoms. The Labute approximate surface area is 74.6 Å². The Morgan fingerprint density at radius 3 is 2.69 bits per heavy atom. The Morgan fingerprint density at radius 2 is 2.08 bits per heavy atom. The Hall–Kier alpha value is -1.61. The van der Waals surface area contributed by atoms with Gasteiger partial charge in [-0.05, 0) is 16.7 Å². The molecule has 0 bridgehead atoms. The molecule has 1 aromatic rings. The van der Waals surface area contributed by atoms with Gasteiger partial charge in [0.05, 0.1) is 4.67 Å². The molecule has 0 amide bonds. The maximum absolute atomic E-state index is 10.6. The van der Waals surface area contributed by atoms with E-state index in [1.54, 1.807) is 30.3 Å². The molecule has 0 heterocycles. The van der Waals surface area contributed by atoms with Crippen LogP contribution in [0.1, 0.15) is 0 Å². The van der Waals surface area contributed by atoms with E-state index in [4.69, 9.17) is 5.53 Å². The minimum atomic E-state index is -2.47. The zero-order valence-electron chi connectivity index (χ0n) is 6.40. The van der Waals surface area contributed by atoms with Gasteiger partial charge in [-0.2, -0.15) is 0 Å². The molecule has 1 unspecified atom stereocenters. The molecule has 6 nitrogen and oxygen atoms in total. The second-order valence-corrected chi connectivity index (χ2v) is 2.69. The molecular weight excluding hydrogens is 193 g/mol. The van der Waals surface area contributed by atoms with E-state index in [9.17, 15) is 4.57 Å². The molecule has 1 rings (SSSR count). The van der Waals surface area contributed by atoms with Crippen LogP contribution in [-0.2, 0) is 9.24 Å². The van der Waals surface area contributed by atoms with Crippen molar-refractivity contribution < 1.29 is 14.1 Å². The lowest BCUT2D eigenvalue weighted by atomic mass is 10.3. The summed E-state index contributed by atoms with van der Waals surface area (Å²) in [6, 6.07) is 8.46. The zero-order valence-corrected chi connectivity index (χ0v) is 7.29. The molecule has 13 heavy (non-hydrogen) atoms. The topological polar surface area (TPSA) is 84.3 Å². The van der Waals surface area contributed by atoms with Crippen molar-refractivity contribution in [3.05, 3.63) is 40.8 Å². The van der Waals surface area contributed by atoms with Gasteiger partial charge in [0.1, 0.15) is 0 Å². The highest BCUT2D eigenvalue weighted by Gasteiger charge is 2.18. The second kappa shape index (κ2) is 5.11. The van der Waals surface area contributed by atoms with Crippen molar-refractivity contribution in [2.75, 3.05) is 0 Å². The van der Waals surface area contributed by atoms with Gasteiger partial charge in [0.2, 0.25) is 4.88 Å². The molecule has 1 aromatic carbocycles. The number of hydrogen-bond donors (Lipinski definition) is 0. The lowest BCUT2D eigenvalue weighted by Gasteiger charge is -1.91. The van der Waals surface area contributed by atoms with E-state index in [0.29, 0.717) is 5.75 Å². The standard InChI is InChI=1S/C6H5N3O3P/c7-8-9-13(10)12-11-6-4-2-1-3-5-6/h1-5H/q+1. The van der Waals surface area contributed by atoms with Gasteiger partial charge in [0.25, 0.3) is 0 Å². The van der Waals surface area contributed by atoms with Crippen molar-refractivity contribution in [3.8, 4) is 5.75 Å². The van der Waals surface area contributed by atoms with Gasteiger partial charge >= 0.3 is 8.18 Å². The van der Waals surface area contributed by atoms with Crippen LogP contribution in [0.2, 0.25) is 0 Å². The number of hydrogen-bond acceptors (Lipinski definition) is 3. The molecular formula is C6H5N3O3P+. The van der Waals surface area contributed by atoms with Crippen LogP contribution in [0, 0.1) is 0 Å². The third kappa shape index (κ3) is 3.53. The molecule has 0 aliphatic heterocycles. The van der Waals surface area contributed by atoms with E-state index >= 15 is 0 Å². The number of azide groups is 1. The van der Waals surface area contributed by atoms with Gasteiger partial charge in [0, 0.05) is 10.4 Å². The predicted octanol–water partition coefficient (Wildman–Crippen LogP) is 2.96. The smallest absolute Gasteiger partial charge is 0.292 e. The van der Waals surface area contributed by atoms with Crippen LogP contribution in [0.5, 0.6) is 5.75 Å². The largest absolute Gasteiger partial charge is 0.680 e. The van der Waals surface area contributed by atoms with Crippen molar-refractivity contribution >= 4 is 8.18 Å². The summed E-state index contributed by atoms with van der Waals surface area (Å²) in [6.45, 7) is 0. The fraction of sp³-hybridized carbons (Fsp3) is 0. The van der Waals surface area contributed by atoms with Gasteiger partial charge in [-0.15, -0.1) is 0 Å². The Balaban J connectivity index is 2.44. The lowest BCUT2D eigenvalue weighted by molar-refractivity contribution is -0.0917. The summed E-state index contributed by atoms with van der Waals surface area (Å²) in [6.07, 6.45) is 0. The van der Waals surface area contributed by atoms with E-state index in [2.05, 4.69) is 19.4 Å². The number of benzene rings is 1. The van der Waals surface area contributed by atoms with Gasteiger partial charge in [0.15, 0.2) is 5.75 Å². The van der Waals surface area contributed by atoms with Crippen LogP contribution in [0.3, 0.4) is 0 Å².